The Morgan fingerprint density at radius 1 is 1.00 bits per heavy atom. The number of hydrogen-bond donors (Lipinski definition) is 2. The zero-order chi connectivity index (χ0) is 15.5. The van der Waals surface area contributed by atoms with Crippen LogP contribution in [0.15, 0.2) is 48.5 Å². The molecular formula is C17H15NO3S. The summed E-state index contributed by atoms with van der Waals surface area (Å²) in [7, 11) is 0. The van der Waals surface area contributed by atoms with Gasteiger partial charge < -0.3 is 10.1 Å². The Morgan fingerprint density at radius 3 is 2.09 bits per heavy atom. The van der Waals surface area contributed by atoms with Crippen molar-refractivity contribution in [1.29, 1.82) is 0 Å². The van der Waals surface area contributed by atoms with E-state index in [1.807, 2.05) is 24.3 Å². The number of ether oxygens (including phenoxy) is 1. The van der Waals surface area contributed by atoms with Gasteiger partial charge in [-0.1, -0.05) is 48.5 Å². The van der Waals surface area contributed by atoms with Crippen molar-refractivity contribution in [3.05, 3.63) is 59.7 Å². The van der Waals surface area contributed by atoms with Crippen LogP contribution in [0.5, 0.6) is 0 Å². The van der Waals surface area contributed by atoms with Crippen LogP contribution in [0.3, 0.4) is 0 Å². The fourth-order valence-corrected chi connectivity index (χ4v) is 2.88. The predicted octanol–water partition coefficient (Wildman–Crippen LogP) is 2.98. The summed E-state index contributed by atoms with van der Waals surface area (Å²) in [5.41, 5.74) is 4.67. The fourth-order valence-electron chi connectivity index (χ4n) is 2.80. The first kappa shape index (κ1) is 14.7. The molecule has 0 aliphatic heterocycles. The maximum atomic E-state index is 11.6. The second-order valence-corrected chi connectivity index (χ2v) is 5.57. The molecule has 0 fully saturated rings. The standard InChI is InChI=1S/C17H15NO3S/c19-16(22)9-18-17(20)21-10-15-13-7-3-1-5-11(13)12-6-2-4-8-14(12)15/h1-8,15H,9-10H2,(H,18,20)(H,19,22). The van der Waals surface area contributed by atoms with Crippen LogP contribution in [-0.2, 0) is 9.53 Å². The highest BCUT2D eigenvalue weighted by Gasteiger charge is 2.28. The van der Waals surface area contributed by atoms with Crippen LogP contribution in [0.4, 0.5) is 4.79 Å². The number of hydrogen-bond acceptors (Lipinski definition) is 3. The number of amides is 1. The Morgan fingerprint density at radius 2 is 1.55 bits per heavy atom. The normalized spacial score (nSPS) is 12.4. The number of thiol groups is 1. The number of alkyl carbamates (subject to hydrolysis) is 1. The van der Waals surface area contributed by atoms with Crippen LogP contribution in [0.2, 0.25) is 0 Å². The summed E-state index contributed by atoms with van der Waals surface area (Å²) in [6, 6.07) is 16.2. The topological polar surface area (TPSA) is 55.4 Å². The van der Waals surface area contributed by atoms with E-state index >= 15 is 0 Å². The van der Waals surface area contributed by atoms with E-state index in [9.17, 15) is 9.59 Å². The highest BCUT2D eigenvalue weighted by molar-refractivity contribution is 7.96. The van der Waals surface area contributed by atoms with Gasteiger partial charge in [0, 0.05) is 5.92 Å². The first-order valence-electron chi connectivity index (χ1n) is 6.97. The molecule has 0 unspecified atom stereocenters. The summed E-state index contributed by atoms with van der Waals surface area (Å²) < 4.78 is 5.25. The summed E-state index contributed by atoms with van der Waals surface area (Å²) in [6.07, 6.45) is -0.607. The monoisotopic (exact) mass is 313 g/mol. The minimum Gasteiger partial charge on any atom is -0.449 e. The third-order valence-electron chi connectivity index (χ3n) is 3.73. The first-order valence-corrected chi connectivity index (χ1v) is 7.42. The maximum Gasteiger partial charge on any atom is 0.407 e. The zero-order valence-electron chi connectivity index (χ0n) is 11.8. The van der Waals surface area contributed by atoms with Gasteiger partial charge in [0.1, 0.15) is 6.61 Å². The van der Waals surface area contributed by atoms with Crippen molar-refractivity contribution in [1.82, 2.24) is 5.32 Å². The van der Waals surface area contributed by atoms with Gasteiger partial charge >= 0.3 is 6.09 Å². The lowest BCUT2D eigenvalue weighted by Crippen LogP contribution is -2.29. The molecule has 1 amide bonds. The lowest BCUT2D eigenvalue weighted by molar-refractivity contribution is -0.110. The molecule has 22 heavy (non-hydrogen) atoms. The summed E-state index contributed by atoms with van der Waals surface area (Å²) in [4.78, 5) is 22.3. The number of benzene rings is 2. The van der Waals surface area contributed by atoms with Crippen molar-refractivity contribution in [2.45, 2.75) is 5.92 Å². The van der Waals surface area contributed by atoms with Crippen molar-refractivity contribution < 1.29 is 14.3 Å². The van der Waals surface area contributed by atoms with Crippen LogP contribution < -0.4 is 5.32 Å². The van der Waals surface area contributed by atoms with Gasteiger partial charge in [0.05, 0.1) is 6.54 Å². The van der Waals surface area contributed by atoms with Gasteiger partial charge in [-0.3, -0.25) is 4.79 Å². The Bertz CT molecular complexity index is 684. The molecule has 0 radical (unpaired) electrons. The largest absolute Gasteiger partial charge is 0.449 e. The Labute approximate surface area is 133 Å². The molecule has 4 nitrogen and oxygen atoms in total. The van der Waals surface area contributed by atoms with Gasteiger partial charge in [-0.2, -0.15) is 0 Å². The first-order chi connectivity index (χ1) is 10.7. The number of carbonyl (C=O) groups is 2. The molecule has 0 aromatic heterocycles. The summed E-state index contributed by atoms with van der Waals surface area (Å²) in [5, 5.41) is 1.96. The quantitative estimate of drug-likeness (QED) is 0.853. The van der Waals surface area contributed by atoms with Crippen molar-refractivity contribution in [3.63, 3.8) is 0 Å². The third-order valence-corrected chi connectivity index (χ3v) is 3.89. The molecule has 0 spiro atoms. The molecule has 0 atom stereocenters. The molecule has 0 bridgehead atoms. The molecule has 5 heteroatoms. The molecule has 1 N–H and O–H groups in total. The highest BCUT2D eigenvalue weighted by Crippen LogP contribution is 2.44. The molecule has 112 valence electrons. The average molecular weight is 313 g/mol. The average Bonchev–Trinajstić information content (AvgIpc) is 2.85. The second kappa shape index (κ2) is 6.23. The Kier molecular flexibility index (Phi) is 4.15. The molecule has 0 saturated heterocycles. The van der Waals surface area contributed by atoms with Crippen molar-refractivity contribution in [3.8, 4) is 11.1 Å². The van der Waals surface area contributed by atoms with E-state index in [1.165, 1.54) is 11.1 Å². The third kappa shape index (κ3) is 2.85. The Balaban J connectivity index is 1.77. The van der Waals surface area contributed by atoms with Crippen LogP contribution in [0.1, 0.15) is 17.0 Å². The van der Waals surface area contributed by atoms with E-state index < -0.39 is 11.2 Å². The van der Waals surface area contributed by atoms with Gasteiger partial charge in [-0.15, -0.1) is 12.6 Å². The van der Waals surface area contributed by atoms with Gasteiger partial charge in [-0.25, -0.2) is 4.79 Å². The number of carbonyl (C=O) groups excluding carboxylic acids is 2. The molecule has 0 saturated carbocycles. The van der Waals surface area contributed by atoms with Gasteiger partial charge in [0.25, 0.3) is 0 Å². The van der Waals surface area contributed by atoms with E-state index in [0.29, 0.717) is 0 Å². The molecule has 3 rings (SSSR count). The molecule has 2 aromatic carbocycles. The number of rotatable bonds is 4. The molecule has 1 aliphatic carbocycles. The van der Waals surface area contributed by atoms with E-state index in [-0.39, 0.29) is 19.1 Å². The van der Waals surface area contributed by atoms with E-state index in [4.69, 9.17) is 4.74 Å². The smallest absolute Gasteiger partial charge is 0.407 e. The van der Waals surface area contributed by atoms with Crippen molar-refractivity contribution in [2.24, 2.45) is 0 Å². The molecular weight excluding hydrogens is 298 g/mol. The van der Waals surface area contributed by atoms with E-state index in [2.05, 4.69) is 42.2 Å². The molecule has 0 heterocycles. The van der Waals surface area contributed by atoms with Crippen LogP contribution in [0.25, 0.3) is 11.1 Å². The van der Waals surface area contributed by atoms with Crippen molar-refractivity contribution >= 4 is 23.8 Å². The van der Waals surface area contributed by atoms with Gasteiger partial charge in [-0.05, 0) is 22.3 Å². The Hall–Kier alpha value is -2.27. The SMILES string of the molecule is O=C(S)CNC(=O)OCC1c2ccccc2-c2ccccc21. The summed E-state index contributed by atoms with van der Waals surface area (Å²) >= 11 is 3.59. The van der Waals surface area contributed by atoms with Crippen LogP contribution >= 0.6 is 12.6 Å². The van der Waals surface area contributed by atoms with Crippen molar-refractivity contribution in [2.75, 3.05) is 13.2 Å². The fraction of sp³-hybridized carbons (Fsp3) is 0.176. The van der Waals surface area contributed by atoms with Crippen LogP contribution in [-0.4, -0.2) is 24.4 Å². The minimum absolute atomic E-state index is 0.0184. The lowest BCUT2D eigenvalue weighted by atomic mass is 9.98. The van der Waals surface area contributed by atoms with Gasteiger partial charge in [0.15, 0.2) is 0 Å². The molecule has 1 aliphatic rings. The summed E-state index contributed by atoms with van der Waals surface area (Å²) in [5.74, 6) is 0.0184. The van der Waals surface area contributed by atoms with Crippen LogP contribution in [0, 0.1) is 0 Å². The van der Waals surface area contributed by atoms with Gasteiger partial charge in [0.2, 0.25) is 5.12 Å². The number of fused-ring (bicyclic) bond motifs is 3. The minimum atomic E-state index is -0.607. The lowest BCUT2D eigenvalue weighted by Gasteiger charge is -2.14. The van der Waals surface area contributed by atoms with E-state index in [1.54, 1.807) is 0 Å². The zero-order valence-corrected chi connectivity index (χ0v) is 12.7. The predicted molar refractivity (Wildman–Crippen MR) is 87.1 cm³/mol. The summed E-state index contributed by atoms with van der Waals surface area (Å²) in [6.45, 7) is 0.0976. The molecule has 2 aromatic rings. The second-order valence-electron chi connectivity index (χ2n) is 5.07. The highest BCUT2D eigenvalue weighted by atomic mass is 32.1. The maximum absolute atomic E-state index is 11.6. The van der Waals surface area contributed by atoms with E-state index in [0.717, 1.165) is 11.1 Å². The number of nitrogens with one attached hydrogen (secondary N) is 1.